The van der Waals surface area contributed by atoms with Crippen molar-refractivity contribution in [1.29, 1.82) is 0 Å². The first kappa shape index (κ1) is 22.8. The van der Waals surface area contributed by atoms with Crippen LogP contribution in [0.4, 0.5) is 0 Å². The van der Waals surface area contributed by atoms with E-state index in [1.807, 2.05) is 32.3 Å². The van der Waals surface area contributed by atoms with Crippen molar-refractivity contribution >= 4 is 53.1 Å². The number of nitrogens with one attached hydrogen (secondary N) is 1. The molecule has 1 fully saturated rings. The van der Waals surface area contributed by atoms with Gasteiger partial charge < -0.3 is 15.1 Å². The Morgan fingerprint density at radius 3 is 2.56 bits per heavy atom. The van der Waals surface area contributed by atoms with Crippen molar-refractivity contribution in [3.8, 4) is 0 Å². The van der Waals surface area contributed by atoms with E-state index in [9.17, 15) is 0 Å². The predicted octanol–water partition coefficient (Wildman–Crippen LogP) is 4.35. The SMILES string of the molecule is CN=C(NCCC1CCN(C)CC1)N(C)Cc1ccc(Cl)c(Cl)c1.I. The number of hydrogen-bond acceptors (Lipinski definition) is 2. The van der Waals surface area contributed by atoms with Crippen LogP contribution in [0.5, 0.6) is 0 Å². The molecule has 1 saturated heterocycles. The zero-order valence-electron chi connectivity index (χ0n) is 15.3. The lowest BCUT2D eigenvalue weighted by molar-refractivity contribution is 0.212. The minimum atomic E-state index is 0. The first-order valence-electron chi connectivity index (χ1n) is 8.54. The molecule has 25 heavy (non-hydrogen) atoms. The summed E-state index contributed by atoms with van der Waals surface area (Å²) in [5.74, 6) is 1.74. The molecule has 1 aromatic carbocycles. The van der Waals surface area contributed by atoms with Crippen molar-refractivity contribution in [2.24, 2.45) is 10.9 Å². The zero-order chi connectivity index (χ0) is 17.5. The Bertz CT molecular complexity index is 560. The third-order valence-corrected chi connectivity index (χ3v) is 5.39. The van der Waals surface area contributed by atoms with Crippen molar-refractivity contribution in [1.82, 2.24) is 15.1 Å². The predicted molar refractivity (Wildman–Crippen MR) is 120 cm³/mol. The number of guanidine groups is 1. The lowest BCUT2D eigenvalue weighted by Gasteiger charge is -2.29. The Kier molecular flexibility index (Phi) is 10.5. The van der Waals surface area contributed by atoms with Crippen LogP contribution in [-0.4, -0.2) is 56.5 Å². The second-order valence-electron chi connectivity index (χ2n) is 6.61. The van der Waals surface area contributed by atoms with Gasteiger partial charge in [-0.25, -0.2) is 0 Å². The molecule has 1 heterocycles. The smallest absolute Gasteiger partial charge is 0.193 e. The van der Waals surface area contributed by atoms with Crippen molar-refractivity contribution in [3.63, 3.8) is 0 Å². The zero-order valence-corrected chi connectivity index (χ0v) is 19.1. The number of nitrogens with zero attached hydrogens (tertiary/aromatic N) is 3. The van der Waals surface area contributed by atoms with E-state index < -0.39 is 0 Å². The molecule has 0 unspecified atom stereocenters. The van der Waals surface area contributed by atoms with Crippen molar-refractivity contribution in [2.75, 3.05) is 40.8 Å². The molecule has 4 nitrogen and oxygen atoms in total. The molecule has 1 N–H and O–H groups in total. The second kappa shape index (κ2) is 11.5. The maximum Gasteiger partial charge on any atom is 0.193 e. The van der Waals surface area contributed by atoms with Gasteiger partial charge in [-0.2, -0.15) is 0 Å². The van der Waals surface area contributed by atoms with Gasteiger partial charge in [0, 0.05) is 27.2 Å². The highest BCUT2D eigenvalue weighted by molar-refractivity contribution is 14.0. The third kappa shape index (κ3) is 7.49. The number of piperidine rings is 1. The molecular weight excluding hydrogens is 470 g/mol. The summed E-state index contributed by atoms with van der Waals surface area (Å²) in [6.07, 6.45) is 3.80. The first-order valence-corrected chi connectivity index (χ1v) is 9.29. The molecule has 0 atom stereocenters. The van der Waals surface area contributed by atoms with Gasteiger partial charge in [0.1, 0.15) is 0 Å². The number of aliphatic imine (C=N–C) groups is 1. The highest BCUT2D eigenvalue weighted by Crippen LogP contribution is 2.23. The molecule has 2 rings (SSSR count). The molecule has 0 aromatic heterocycles. The van der Waals surface area contributed by atoms with Crippen molar-refractivity contribution in [2.45, 2.75) is 25.8 Å². The van der Waals surface area contributed by atoms with Gasteiger partial charge in [0.05, 0.1) is 10.0 Å². The largest absolute Gasteiger partial charge is 0.356 e. The van der Waals surface area contributed by atoms with Gasteiger partial charge in [-0.1, -0.05) is 29.3 Å². The fourth-order valence-corrected chi connectivity index (χ4v) is 3.43. The van der Waals surface area contributed by atoms with Crippen LogP contribution < -0.4 is 5.32 Å². The minimum absolute atomic E-state index is 0. The van der Waals surface area contributed by atoms with Crippen LogP contribution in [0.15, 0.2) is 23.2 Å². The highest BCUT2D eigenvalue weighted by atomic mass is 127. The maximum absolute atomic E-state index is 6.09. The molecule has 7 heteroatoms. The highest BCUT2D eigenvalue weighted by Gasteiger charge is 2.16. The number of halogens is 3. The summed E-state index contributed by atoms with van der Waals surface area (Å²) >= 11 is 12.1. The van der Waals surface area contributed by atoms with Gasteiger partial charge in [-0.05, 0) is 63.0 Å². The fourth-order valence-electron chi connectivity index (χ4n) is 3.11. The normalized spacial score (nSPS) is 16.4. The average molecular weight is 499 g/mol. The lowest BCUT2D eigenvalue weighted by atomic mass is 9.94. The summed E-state index contributed by atoms with van der Waals surface area (Å²) in [6, 6.07) is 5.74. The Morgan fingerprint density at radius 1 is 1.28 bits per heavy atom. The van der Waals surface area contributed by atoms with Crippen LogP contribution in [0.25, 0.3) is 0 Å². The van der Waals surface area contributed by atoms with E-state index in [2.05, 4.69) is 27.2 Å². The molecular formula is C18H29Cl2IN4. The van der Waals surface area contributed by atoms with E-state index in [-0.39, 0.29) is 24.0 Å². The molecule has 0 aliphatic carbocycles. The van der Waals surface area contributed by atoms with Crippen molar-refractivity contribution in [3.05, 3.63) is 33.8 Å². The summed E-state index contributed by atoms with van der Waals surface area (Å²) in [7, 11) is 6.06. The lowest BCUT2D eigenvalue weighted by Crippen LogP contribution is -2.40. The number of rotatable bonds is 5. The molecule has 0 saturated carbocycles. The topological polar surface area (TPSA) is 30.9 Å². The van der Waals surface area contributed by atoms with E-state index in [0.29, 0.717) is 10.0 Å². The average Bonchev–Trinajstić information content (AvgIpc) is 2.56. The molecule has 1 aromatic rings. The first-order chi connectivity index (χ1) is 11.5. The summed E-state index contributed by atoms with van der Waals surface area (Å²) in [5, 5.41) is 4.65. The second-order valence-corrected chi connectivity index (χ2v) is 7.43. The Hall–Kier alpha value is -0.240. The minimum Gasteiger partial charge on any atom is -0.356 e. The Labute approximate surface area is 179 Å². The van der Waals surface area contributed by atoms with Crippen LogP contribution >= 0.6 is 47.2 Å². The van der Waals surface area contributed by atoms with Crippen LogP contribution in [-0.2, 0) is 6.54 Å². The molecule has 0 amide bonds. The van der Waals surface area contributed by atoms with Crippen LogP contribution in [0.2, 0.25) is 10.0 Å². The van der Waals surface area contributed by atoms with Gasteiger partial charge in [0.2, 0.25) is 0 Å². The standard InChI is InChI=1S/C18H28Cl2N4.HI/c1-21-18(22-9-6-14-7-10-23(2)11-8-14)24(3)13-15-4-5-16(19)17(20)12-15;/h4-5,12,14H,6-11,13H2,1-3H3,(H,21,22);1H. The van der Waals surface area contributed by atoms with Gasteiger partial charge in [-0.3, -0.25) is 4.99 Å². The summed E-state index contributed by atoms with van der Waals surface area (Å²) in [6.45, 7) is 4.14. The quantitative estimate of drug-likeness (QED) is 0.372. The van der Waals surface area contributed by atoms with Gasteiger partial charge in [0.25, 0.3) is 0 Å². The van der Waals surface area contributed by atoms with E-state index in [4.69, 9.17) is 23.2 Å². The fraction of sp³-hybridized carbons (Fsp3) is 0.611. The van der Waals surface area contributed by atoms with Gasteiger partial charge >= 0.3 is 0 Å². The van der Waals surface area contributed by atoms with E-state index in [1.165, 1.54) is 32.4 Å². The van der Waals surface area contributed by atoms with Crippen LogP contribution in [0, 0.1) is 5.92 Å². The van der Waals surface area contributed by atoms with Crippen LogP contribution in [0.1, 0.15) is 24.8 Å². The molecule has 1 aliphatic rings. The molecule has 1 aliphatic heterocycles. The third-order valence-electron chi connectivity index (χ3n) is 4.65. The van der Waals surface area contributed by atoms with Crippen LogP contribution in [0.3, 0.4) is 0 Å². The number of benzene rings is 1. The monoisotopic (exact) mass is 498 g/mol. The summed E-state index contributed by atoms with van der Waals surface area (Å²) in [5.41, 5.74) is 1.12. The Balaban J connectivity index is 0.00000312. The maximum atomic E-state index is 6.09. The van der Waals surface area contributed by atoms with E-state index in [1.54, 1.807) is 0 Å². The summed E-state index contributed by atoms with van der Waals surface area (Å²) < 4.78 is 0. The number of hydrogen-bond donors (Lipinski definition) is 1. The van der Waals surface area contributed by atoms with E-state index >= 15 is 0 Å². The number of likely N-dealkylation sites (tertiary alicyclic amines) is 1. The van der Waals surface area contributed by atoms with Gasteiger partial charge in [-0.15, -0.1) is 24.0 Å². The molecule has 142 valence electrons. The molecule has 0 bridgehead atoms. The Morgan fingerprint density at radius 2 is 1.96 bits per heavy atom. The molecule has 0 spiro atoms. The van der Waals surface area contributed by atoms with E-state index in [0.717, 1.165) is 30.5 Å². The molecule has 0 radical (unpaired) electrons. The summed E-state index contributed by atoms with van der Waals surface area (Å²) in [4.78, 5) is 8.90. The van der Waals surface area contributed by atoms with Gasteiger partial charge in [0.15, 0.2) is 5.96 Å². The van der Waals surface area contributed by atoms with Crippen molar-refractivity contribution < 1.29 is 0 Å².